The van der Waals surface area contributed by atoms with Gasteiger partial charge in [0.1, 0.15) is 9.68 Å². The van der Waals surface area contributed by atoms with Crippen LogP contribution in [0.5, 0.6) is 0 Å². The molecule has 0 aromatic carbocycles. The van der Waals surface area contributed by atoms with Crippen molar-refractivity contribution in [3.63, 3.8) is 0 Å². The van der Waals surface area contributed by atoms with Crippen LogP contribution in [0.4, 0.5) is 0 Å². The van der Waals surface area contributed by atoms with E-state index in [1.807, 2.05) is 5.70 Å². The fourth-order valence-corrected chi connectivity index (χ4v) is 1.05. The molecular weight excluding hydrogens is 102 g/mol. The lowest BCUT2D eigenvalue weighted by Gasteiger charge is -2.07. The van der Waals surface area contributed by atoms with Crippen LogP contribution in [0.3, 0.4) is 0 Å². The van der Waals surface area contributed by atoms with E-state index >= 15 is 0 Å². The monoisotopic (exact) mass is 115 g/mol. The van der Waals surface area contributed by atoms with E-state index in [0.29, 0.717) is 0 Å². The lowest BCUT2D eigenvalue weighted by molar-refractivity contribution is 0.573. The first-order chi connectivity index (χ1) is 3.31. The molecule has 7 heavy (non-hydrogen) atoms. The highest BCUT2D eigenvalue weighted by Gasteiger charge is 1.85. The Hall–Kier alpha value is -0.0831. The maximum absolute atomic E-state index is 3.67. The average molecular weight is 115 g/mol. The molecule has 0 radical (unpaired) electrons. The molecule has 0 heterocycles. The van der Waals surface area contributed by atoms with Gasteiger partial charge in [0.05, 0.1) is 0 Å². The highest BCUT2D eigenvalue weighted by molar-refractivity contribution is 6.38. The lowest BCUT2D eigenvalue weighted by atomic mass is 10.8. The molecule has 0 fully saturated rings. The summed E-state index contributed by atoms with van der Waals surface area (Å²) in [5.74, 6) is 0. The van der Waals surface area contributed by atoms with E-state index in [2.05, 4.69) is 25.1 Å². The molecule has 0 unspecified atom stereocenters. The lowest BCUT2D eigenvalue weighted by Crippen LogP contribution is -2.20. The summed E-state index contributed by atoms with van der Waals surface area (Å²) in [6.45, 7) is 7.00. The molecule has 0 amide bonds. The highest BCUT2D eigenvalue weighted by Crippen LogP contribution is 1.73. The van der Waals surface area contributed by atoms with E-state index in [9.17, 15) is 0 Å². The van der Waals surface area contributed by atoms with E-state index < -0.39 is 0 Å². The zero-order valence-corrected chi connectivity index (χ0v) is 6.56. The normalized spacial score (nSPS) is 11.3. The molecule has 2 heteroatoms. The van der Waals surface area contributed by atoms with Crippen LogP contribution >= 0.6 is 0 Å². The van der Waals surface area contributed by atoms with Gasteiger partial charge in [0.15, 0.2) is 0 Å². The Labute approximate surface area is 47.9 Å². The molecular formula is C5H13NSi. The average Bonchev–Trinajstić information content (AvgIpc) is 1.68. The minimum Gasteiger partial charge on any atom is -0.328 e. The zero-order valence-electron chi connectivity index (χ0n) is 5.15. The molecule has 0 bridgehead atoms. The Balaban J connectivity index is 2.98. The minimum absolute atomic E-state index is 0.0567. The molecule has 0 N–H and O–H groups in total. The van der Waals surface area contributed by atoms with Crippen LogP contribution in [-0.4, -0.2) is 27.8 Å². The molecule has 0 atom stereocenters. The SMILES string of the molecule is C=C[SiH2]N(C)CC. The number of hydrogen-bond donors (Lipinski definition) is 0. The van der Waals surface area contributed by atoms with Crippen LogP contribution in [-0.2, 0) is 0 Å². The van der Waals surface area contributed by atoms with Crippen molar-refractivity contribution in [3.8, 4) is 0 Å². The molecule has 0 saturated carbocycles. The van der Waals surface area contributed by atoms with Gasteiger partial charge >= 0.3 is 0 Å². The van der Waals surface area contributed by atoms with E-state index in [4.69, 9.17) is 0 Å². The summed E-state index contributed by atoms with van der Waals surface area (Å²) in [6, 6.07) is 0. The van der Waals surface area contributed by atoms with Crippen molar-refractivity contribution >= 4 is 9.68 Å². The van der Waals surface area contributed by atoms with Crippen molar-refractivity contribution in [2.24, 2.45) is 0 Å². The van der Waals surface area contributed by atoms with Crippen molar-refractivity contribution in [1.29, 1.82) is 0 Å². The number of nitrogens with zero attached hydrogens (tertiary/aromatic N) is 1. The summed E-state index contributed by atoms with van der Waals surface area (Å²) in [6.07, 6.45) is 0. The van der Waals surface area contributed by atoms with Crippen molar-refractivity contribution in [3.05, 3.63) is 12.3 Å². The molecule has 0 aromatic heterocycles. The van der Waals surface area contributed by atoms with Crippen LogP contribution in [0.15, 0.2) is 12.3 Å². The van der Waals surface area contributed by atoms with Gasteiger partial charge in [0.2, 0.25) is 0 Å². The Morgan fingerprint density at radius 1 is 1.86 bits per heavy atom. The second-order valence-electron chi connectivity index (χ2n) is 1.64. The van der Waals surface area contributed by atoms with Gasteiger partial charge in [0, 0.05) is 0 Å². The van der Waals surface area contributed by atoms with E-state index in [0.717, 1.165) is 6.54 Å². The maximum atomic E-state index is 3.67. The van der Waals surface area contributed by atoms with Gasteiger partial charge in [-0.05, 0) is 13.6 Å². The summed E-state index contributed by atoms with van der Waals surface area (Å²) < 4.78 is 2.33. The minimum atomic E-state index is -0.0567. The highest BCUT2D eigenvalue weighted by atomic mass is 28.2. The summed E-state index contributed by atoms with van der Waals surface area (Å²) in [5, 5.41) is 0. The van der Waals surface area contributed by atoms with Gasteiger partial charge in [-0.1, -0.05) is 12.6 Å². The Morgan fingerprint density at radius 3 is 2.57 bits per heavy atom. The van der Waals surface area contributed by atoms with Gasteiger partial charge < -0.3 is 4.57 Å². The Kier molecular flexibility index (Phi) is 4.04. The molecule has 0 saturated heterocycles. The third-order valence-corrected chi connectivity index (χ3v) is 2.31. The predicted octanol–water partition coefficient (Wildman–Crippen LogP) is 0.165. The van der Waals surface area contributed by atoms with E-state index in [-0.39, 0.29) is 9.68 Å². The first-order valence-electron chi connectivity index (χ1n) is 2.60. The van der Waals surface area contributed by atoms with E-state index in [1.165, 1.54) is 0 Å². The molecule has 0 aromatic rings. The molecule has 0 rings (SSSR count). The quantitative estimate of drug-likeness (QED) is 0.474. The number of hydrogen-bond acceptors (Lipinski definition) is 1. The van der Waals surface area contributed by atoms with Gasteiger partial charge in [-0.3, -0.25) is 0 Å². The van der Waals surface area contributed by atoms with Crippen LogP contribution in [0.25, 0.3) is 0 Å². The van der Waals surface area contributed by atoms with Crippen LogP contribution < -0.4 is 0 Å². The molecule has 0 aliphatic rings. The zero-order chi connectivity index (χ0) is 5.70. The largest absolute Gasteiger partial charge is 0.328 e. The predicted molar refractivity (Wildman–Crippen MR) is 37.0 cm³/mol. The third kappa shape index (κ3) is 3.75. The van der Waals surface area contributed by atoms with Crippen LogP contribution in [0, 0.1) is 0 Å². The van der Waals surface area contributed by atoms with Crippen molar-refractivity contribution in [2.45, 2.75) is 6.92 Å². The summed E-state index contributed by atoms with van der Waals surface area (Å²) >= 11 is 0. The standard InChI is InChI=1S/C5H13NSi/c1-4-6(3)7-5-2/h5H,2,4,7H2,1,3H3. The maximum Gasteiger partial charge on any atom is 0.118 e. The third-order valence-electron chi connectivity index (χ3n) is 0.981. The van der Waals surface area contributed by atoms with Gasteiger partial charge in [-0.25, -0.2) is 0 Å². The summed E-state index contributed by atoms with van der Waals surface area (Å²) in [4.78, 5) is 0. The number of rotatable bonds is 3. The molecule has 0 spiro atoms. The smallest absolute Gasteiger partial charge is 0.118 e. The van der Waals surface area contributed by atoms with Gasteiger partial charge in [0.25, 0.3) is 0 Å². The van der Waals surface area contributed by atoms with E-state index in [1.54, 1.807) is 0 Å². The molecule has 42 valence electrons. The second kappa shape index (κ2) is 4.09. The summed E-state index contributed by atoms with van der Waals surface area (Å²) in [7, 11) is 2.08. The molecule has 0 aliphatic heterocycles. The van der Waals surface area contributed by atoms with Crippen molar-refractivity contribution in [1.82, 2.24) is 4.57 Å². The second-order valence-corrected chi connectivity index (χ2v) is 3.67. The van der Waals surface area contributed by atoms with Crippen molar-refractivity contribution in [2.75, 3.05) is 13.6 Å². The topological polar surface area (TPSA) is 3.24 Å². The summed E-state index contributed by atoms with van der Waals surface area (Å²) in [5.41, 5.74) is 2.05. The fourth-order valence-electron chi connectivity index (χ4n) is 0.349. The van der Waals surface area contributed by atoms with Gasteiger partial charge in [-0.15, -0.1) is 6.58 Å². The Bertz CT molecular complexity index is 54.0. The first kappa shape index (κ1) is 6.92. The first-order valence-corrected chi connectivity index (χ1v) is 4.05. The molecule has 0 aliphatic carbocycles. The Morgan fingerprint density at radius 2 is 2.43 bits per heavy atom. The van der Waals surface area contributed by atoms with Crippen molar-refractivity contribution < 1.29 is 0 Å². The fraction of sp³-hybridized carbons (Fsp3) is 0.600. The molecule has 1 nitrogen and oxygen atoms in total. The van der Waals surface area contributed by atoms with Crippen LogP contribution in [0.2, 0.25) is 0 Å². The van der Waals surface area contributed by atoms with Crippen LogP contribution in [0.1, 0.15) is 6.92 Å². The van der Waals surface area contributed by atoms with Gasteiger partial charge in [-0.2, -0.15) is 0 Å².